The van der Waals surface area contributed by atoms with Gasteiger partial charge in [-0.15, -0.1) is 11.8 Å². The van der Waals surface area contributed by atoms with Crippen molar-refractivity contribution < 1.29 is 22.8 Å². The van der Waals surface area contributed by atoms with Gasteiger partial charge in [0.2, 0.25) is 11.8 Å². The molecular weight excluding hydrogens is 305 g/mol. The largest absolute Gasteiger partial charge is 0.390 e. The summed E-state index contributed by atoms with van der Waals surface area (Å²) in [5.74, 6) is 0.244. The van der Waals surface area contributed by atoms with E-state index in [2.05, 4.69) is 0 Å². The fraction of sp³-hybridized carbons (Fsp3) is 0.846. The van der Waals surface area contributed by atoms with E-state index in [0.717, 1.165) is 4.90 Å². The fourth-order valence-corrected chi connectivity index (χ4v) is 3.08. The van der Waals surface area contributed by atoms with Crippen molar-refractivity contribution in [3.05, 3.63) is 0 Å². The predicted molar refractivity (Wildman–Crippen MR) is 75.7 cm³/mol. The minimum absolute atomic E-state index is 0.157. The van der Waals surface area contributed by atoms with Gasteiger partial charge in [0, 0.05) is 24.8 Å². The smallest absolute Gasteiger partial charge is 0.344 e. The number of halogens is 3. The van der Waals surface area contributed by atoms with E-state index in [1.165, 1.54) is 23.7 Å². The van der Waals surface area contributed by atoms with Crippen molar-refractivity contribution in [1.82, 2.24) is 9.80 Å². The number of hydrogen-bond acceptors (Lipinski definition) is 3. The van der Waals surface area contributed by atoms with Crippen LogP contribution in [0.15, 0.2) is 0 Å². The highest BCUT2D eigenvalue weighted by Crippen LogP contribution is 2.28. The van der Waals surface area contributed by atoms with Gasteiger partial charge >= 0.3 is 6.18 Å². The average Bonchev–Trinajstić information content (AvgIpc) is 2.80. The number of likely N-dealkylation sites (N-methyl/N-ethyl adjacent to an activating group) is 1. The lowest BCUT2D eigenvalue weighted by Gasteiger charge is -2.31. The molecule has 122 valence electrons. The first-order valence-electron chi connectivity index (χ1n) is 6.64. The third-order valence-corrected chi connectivity index (χ3v) is 4.19. The van der Waals surface area contributed by atoms with Crippen LogP contribution in [0.5, 0.6) is 0 Å². The van der Waals surface area contributed by atoms with Crippen LogP contribution in [0.4, 0.5) is 13.2 Å². The highest BCUT2D eigenvalue weighted by Gasteiger charge is 2.40. The van der Waals surface area contributed by atoms with Crippen LogP contribution in [-0.2, 0) is 9.59 Å². The summed E-state index contributed by atoms with van der Waals surface area (Å²) in [5, 5.41) is 0. The Morgan fingerprint density at radius 3 is 2.33 bits per heavy atom. The number of hydrogen-bond donors (Lipinski definition) is 0. The number of carbonyl (C=O) groups is 2. The van der Waals surface area contributed by atoms with E-state index in [1.807, 2.05) is 0 Å². The molecule has 0 saturated carbocycles. The van der Waals surface area contributed by atoms with E-state index in [9.17, 15) is 22.8 Å². The predicted octanol–water partition coefficient (Wildman–Crippen LogP) is 2.34. The van der Waals surface area contributed by atoms with Crippen molar-refractivity contribution in [3.63, 3.8) is 0 Å². The molecule has 21 heavy (non-hydrogen) atoms. The highest BCUT2D eigenvalue weighted by atomic mass is 32.2. The second-order valence-corrected chi connectivity index (χ2v) is 7.17. The van der Waals surface area contributed by atoms with Crippen molar-refractivity contribution in [2.45, 2.75) is 39.4 Å². The minimum atomic E-state index is -4.29. The summed E-state index contributed by atoms with van der Waals surface area (Å²) in [6.45, 7) is 4.88. The van der Waals surface area contributed by atoms with Crippen LogP contribution in [0.3, 0.4) is 0 Å². The van der Waals surface area contributed by atoms with Crippen molar-refractivity contribution in [3.8, 4) is 0 Å². The molecular formula is C13H21F3N2O2S. The number of rotatable bonds is 3. The number of amides is 2. The minimum Gasteiger partial charge on any atom is -0.344 e. The zero-order valence-electron chi connectivity index (χ0n) is 12.7. The molecule has 0 aromatic heterocycles. The molecule has 0 spiro atoms. The maximum absolute atomic E-state index is 12.3. The molecule has 1 aliphatic rings. The van der Waals surface area contributed by atoms with E-state index in [-0.39, 0.29) is 12.5 Å². The lowest BCUT2D eigenvalue weighted by atomic mass is 9.94. The molecule has 4 nitrogen and oxygen atoms in total. The topological polar surface area (TPSA) is 40.6 Å². The van der Waals surface area contributed by atoms with Crippen LogP contribution >= 0.6 is 11.8 Å². The maximum Gasteiger partial charge on any atom is 0.390 e. The van der Waals surface area contributed by atoms with E-state index in [1.54, 1.807) is 20.8 Å². The van der Waals surface area contributed by atoms with Gasteiger partial charge in [0.1, 0.15) is 6.04 Å². The van der Waals surface area contributed by atoms with E-state index >= 15 is 0 Å². The molecule has 0 bridgehead atoms. The molecule has 0 unspecified atom stereocenters. The van der Waals surface area contributed by atoms with Crippen molar-refractivity contribution in [2.24, 2.45) is 5.41 Å². The summed E-state index contributed by atoms with van der Waals surface area (Å²) < 4.78 is 36.6. The Morgan fingerprint density at radius 1 is 1.29 bits per heavy atom. The second-order valence-electron chi connectivity index (χ2n) is 6.17. The molecule has 1 rings (SSSR count). The Morgan fingerprint density at radius 2 is 1.86 bits per heavy atom. The quantitative estimate of drug-likeness (QED) is 0.799. The Hall–Kier alpha value is -0.920. The first-order chi connectivity index (χ1) is 9.43. The lowest BCUT2D eigenvalue weighted by molar-refractivity contribution is -0.151. The van der Waals surface area contributed by atoms with Crippen molar-refractivity contribution >= 4 is 23.6 Å². The molecule has 8 heteroatoms. The first kappa shape index (κ1) is 18.1. The van der Waals surface area contributed by atoms with Crippen LogP contribution in [0, 0.1) is 5.41 Å². The SMILES string of the molecule is CN(CCC(F)(F)F)C(=O)[C@H]1CSCN1C(=O)C(C)(C)C. The number of alkyl halides is 3. The van der Waals surface area contributed by atoms with Crippen LogP contribution in [0.25, 0.3) is 0 Å². The zero-order valence-corrected chi connectivity index (χ0v) is 13.5. The molecule has 0 aromatic carbocycles. The van der Waals surface area contributed by atoms with E-state index in [0.29, 0.717) is 11.6 Å². The Labute approximate surface area is 127 Å². The first-order valence-corrected chi connectivity index (χ1v) is 7.79. The zero-order chi connectivity index (χ0) is 16.4. The molecule has 1 atom stereocenters. The van der Waals surface area contributed by atoms with Gasteiger partial charge in [0.05, 0.1) is 12.3 Å². The molecule has 1 saturated heterocycles. The summed E-state index contributed by atoms with van der Waals surface area (Å²) in [5.41, 5.74) is -0.617. The normalized spacial score (nSPS) is 19.8. The number of carbonyl (C=O) groups excluding carboxylic acids is 2. The van der Waals surface area contributed by atoms with E-state index in [4.69, 9.17) is 0 Å². The molecule has 2 amide bonds. The van der Waals surface area contributed by atoms with Gasteiger partial charge in [-0.3, -0.25) is 9.59 Å². The second kappa shape index (κ2) is 6.46. The molecule has 0 radical (unpaired) electrons. The van der Waals surface area contributed by atoms with Gasteiger partial charge in [0.25, 0.3) is 0 Å². The molecule has 1 aliphatic heterocycles. The van der Waals surface area contributed by atoms with Gasteiger partial charge in [-0.25, -0.2) is 0 Å². The van der Waals surface area contributed by atoms with Gasteiger partial charge < -0.3 is 9.80 Å². The fourth-order valence-electron chi connectivity index (χ4n) is 1.94. The van der Waals surface area contributed by atoms with Crippen molar-refractivity contribution in [2.75, 3.05) is 25.2 Å². The summed E-state index contributed by atoms with van der Waals surface area (Å²) in [6, 6.07) is -0.667. The summed E-state index contributed by atoms with van der Waals surface area (Å²) in [7, 11) is 1.34. The Kier molecular flexibility index (Phi) is 5.57. The van der Waals surface area contributed by atoms with Crippen LogP contribution < -0.4 is 0 Å². The molecule has 1 heterocycles. The summed E-state index contributed by atoms with van der Waals surface area (Å²) in [6.07, 6.45) is -5.33. The van der Waals surface area contributed by atoms with Gasteiger partial charge in [-0.2, -0.15) is 13.2 Å². The highest BCUT2D eigenvalue weighted by molar-refractivity contribution is 7.99. The molecule has 0 N–H and O–H groups in total. The summed E-state index contributed by atoms with van der Waals surface area (Å²) in [4.78, 5) is 27.1. The van der Waals surface area contributed by atoms with Crippen LogP contribution in [0.1, 0.15) is 27.2 Å². The van der Waals surface area contributed by atoms with Gasteiger partial charge in [0.15, 0.2) is 0 Å². The van der Waals surface area contributed by atoms with E-state index < -0.39 is 30.0 Å². The van der Waals surface area contributed by atoms with Gasteiger partial charge in [-0.1, -0.05) is 20.8 Å². The Bertz CT molecular complexity index is 407. The third kappa shape index (κ3) is 5.09. The lowest BCUT2D eigenvalue weighted by Crippen LogP contribution is -2.51. The van der Waals surface area contributed by atoms with Crippen LogP contribution in [0.2, 0.25) is 0 Å². The standard InChI is InChI=1S/C13H21F3N2O2S/c1-12(2,3)11(20)18-8-21-7-9(18)10(19)17(4)6-5-13(14,15)16/h9H,5-8H2,1-4H3/t9-/m1/s1. The third-order valence-electron chi connectivity index (χ3n) is 3.18. The van der Waals surface area contributed by atoms with Crippen LogP contribution in [-0.4, -0.2) is 59.1 Å². The van der Waals surface area contributed by atoms with Crippen molar-refractivity contribution in [1.29, 1.82) is 0 Å². The van der Waals surface area contributed by atoms with Gasteiger partial charge in [-0.05, 0) is 0 Å². The average molecular weight is 326 g/mol. The molecule has 0 aromatic rings. The summed E-state index contributed by atoms with van der Waals surface area (Å²) >= 11 is 1.44. The maximum atomic E-state index is 12.3. The number of nitrogens with zero attached hydrogens (tertiary/aromatic N) is 2. The monoisotopic (exact) mass is 326 g/mol. The Balaban J connectivity index is 2.70. The molecule has 0 aliphatic carbocycles. The molecule has 1 fully saturated rings. The number of thioether (sulfide) groups is 1.